The Labute approximate surface area is 327 Å². The molecular weight excluding hydrogens is 741 g/mol. The van der Waals surface area contributed by atoms with Crippen molar-refractivity contribution in [2.45, 2.75) is 144 Å². The topological polar surface area (TPSA) is 197 Å². The van der Waals surface area contributed by atoms with E-state index in [0.717, 1.165) is 24.8 Å². The van der Waals surface area contributed by atoms with Gasteiger partial charge >= 0.3 is 6.09 Å². The third-order valence-electron chi connectivity index (χ3n) is 13.5. The van der Waals surface area contributed by atoms with E-state index < -0.39 is 73.3 Å². The first-order chi connectivity index (χ1) is 26.5. The summed E-state index contributed by atoms with van der Waals surface area (Å²) in [5, 5.41) is 13.6. The van der Waals surface area contributed by atoms with Gasteiger partial charge in [0, 0.05) is 29.5 Å². The third kappa shape index (κ3) is 6.45. The summed E-state index contributed by atoms with van der Waals surface area (Å²) in [6, 6.07) is 1.41. The van der Waals surface area contributed by atoms with Crippen LogP contribution in [0.2, 0.25) is 0 Å². The molecule has 2 aromatic heterocycles. The van der Waals surface area contributed by atoms with Crippen molar-refractivity contribution in [2.75, 3.05) is 13.7 Å². The maximum Gasteiger partial charge on any atom is 0.408 e. The van der Waals surface area contributed by atoms with E-state index in [1.54, 1.807) is 20.1 Å². The zero-order chi connectivity index (χ0) is 39.8. The summed E-state index contributed by atoms with van der Waals surface area (Å²) in [7, 11) is -2.47. The number of hydrogen-bond donors (Lipinski definition) is 3. The molecule has 4 fully saturated rings. The monoisotopic (exact) mass is 792 g/mol. The summed E-state index contributed by atoms with van der Waals surface area (Å²) in [6.07, 6.45) is 9.91. The maximum atomic E-state index is 15.1. The highest BCUT2D eigenvalue weighted by Crippen LogP contribution is 2.49. The first kappa shape index (κ1) is 38.4. The van der Waals surface area contributed by atoms with Gasteiger partial charge in [-0.25, -0.2) is 23.2 Å². The van der Waals surface area contributed by atoms with E-state index in [1.807, 2.05) is 32.1 Å². The van der Waals surface area contributed by atoms with Crippen LogP contribution in [0.25, 0.3) is 11.0 Å². The van der Waals surface area contributed by atoms with E-state index in [-0.39, 0.29) is 19.4 Å². The second-order valence-electron chi connectivity index (χ2n) is 17.4. The molecule has 4 amide bonds. The van der Waals surface area contributed by atoms with Crippen molar-refractivity contribution in [1.29, 1.82) is 0 Å². The van der Waals surface area contributed by atoms with Gasteiger partial charge in [0.15, 0.2) is 0 Å². The van der Waals surface area contributed by atoms with Crippen molar-refractivity contribution in [3.63, 3.8) is 0 Å². The summed E-state index contributed by atoms with van der Waals surface area (Å²) in [5.74, 6) is -1.38. The molecule has 16 heteroatoms. The number of nitrogens with one attached hydrogen (secondary N) is 2. The van der Waals surface area contributed by atoms with Gasteiger partial charge in [-0.3, -0.25) is 24.0 Å². The molecule has 15 nitrogen and oxygen atoms in total. The number of rotatable bonds is 6. The van der Waals surface area contributed by atoms with E-state index in [4.69, 9.17) is 14.5 Å². The number of allylic oxidation sites excluding steroid dienone is 1. The van der Waals surface area contributed by atoms with Gasteiger partial charge in [0.25, 0.3) is 5.91 Å². The van der Waals surface area contributed by atoms with Gasteiger partial charge in [0.2, 0.25) is 27.7 Å². The number of nitrogens with zero attached hydrogens (tertiary/aromatic N) is 4. The molecule has 1 saturated heterocycles. The average Bonchev–Trinajstić information content (AvgIpc) is 4.04. The Bertz CT molecular complexity index is 2130. The number of pyridine rings is 2. The molecule has 5 heterocycles. The van der Waals surface area contributed by atoms with E-state index in [1.165, 1.54) is 9.80 Å². The number of carbonyl (C=O) groups is 4. The predicted octanol–water partition coefficient (Wildman–Crippen LogP) is 4.30. The van der Waals surface area contributed by atoms with Gasteiger partial charge in [-0.1, -0.05) is 25.0 Å². The highest BCUT2D eigenvalue weighted by Gasteiger charge is 2.64. The van der Waals surface area contributed by atoms with E-state index in [9.17, 15) is 27.9 Å². The van der Waals surface area contributed by atoms with Gasteiger partial charge in [-0.15, -0.1) is 0 Å². The van der Waals surface area contributed by atoms with Crippen LogP contribution in [0.1, 0.15) is 109 Å². The number of fused-ring (bicyclic) bond motifs is 5. The van der Waals surface area contributed by atoms with Crippen LogP contribution in [0.4, 0.5) is 4.79 Å². The number of methoxy groups -OCH3 is 1. The van der Waals surface area contributed by atoms with Crippen LogP contribution in [0.5, 0.6) is 11.6 Å². The molecule has 8 rings (SSSR count). The molecule has 2 aromatic rings. The largest absolute Gasteiger partial charge is 0.483 e. The Morgan fingerprint density at radius 3 is 2.50 bits per heavy atom. The lowest BCUT2D eigenvalue weighted by Gasteiger charge is -2.50. The Morgan fingerprint density at radius 2 is 1.82 bits per heavy atom. The van der Waals surface area contributed by atoms with Gasteiger partial charge in [-0.2, -0.15) is 0 Å². The Kier molecular flexibility index (Phi) is 9.32. The second kappa shape index (κ2) is 13.6. The van der Waals surface area contributed by atoms with E-state index in [0.29, 0.717) is 86.1 Å². The Morgan fingerprint density at radius 1 is 1.05 bits per heavy atom. The Balaban J connectivity index is 1.17. The minimum atomic E-state index is -4.01. The fraction of sp³-hybridized carbons (Fsp3) is 0.650. The number of aryl methyl sites for hydroxylation is 2. The van der Waals surface area contributed by atoms with Crippen LogP contribution in [-0.4, -0.2) is 104 Å². The molecule has 5 atom stereocenters. The maximum absolute atomic E-state index is 15.1. The minimum Gasteiger partial charge on any atom is -0.483 e. The van der Waals surface area contributed by atoms with Gasteiger partial charge < -0.3 is 24.8 Å². The lowest BCUT2D eigenvalue weighted by molar-refractivity contribution is -0.146. The Hall–Kier alpha value is -4.47. The van der Waals surface area contributed by atoms with Crippen LogP contribution in [0.3, 0.4) is 0 Å². The lowest BCUT2D eigenvalue weighted by Crippen LogP contribution is -2.63. The molecular formula is C40H52N6O9S. The fourth-order valence-electron chi connectivity index (χ4n) is 9.40. The van der Waals surface area contributed by atoms with E-state index in [2.05, 4.69) is 15.0 Å². The molecule has 3 aliphatic carbocycles. The minimum absolute atomic E-state index is 0.00229. The molecule has 0 bridgehead atoms. The van der Waals surface area contributed by atoms with Crippen molar-refractivity contribution in [2.24, 2.45) is 5.92 Å². The summed E-state index contributed by atoms with van der Waals surface area (Å²) in [5.41, 5.74) is -0.505. The standard InChI is InChI=1S/C40H52N6O9S/c1-24-32-26(31-27(41-24)13-14-30(42-31)54-4)15-18-39(55-32)22-29-33(47)43-40(35(49)44-56(52,53)38(3)19-20-38)21-25(40)11-8-6-5-7-9-12-28(34(48)45(29)23-39)46(36(50)51)37(2)16-10-17-37/h8,11,13-14,25,28-29H,5-7,9-10,12,15-23H2,1-4H3,(H,43,47)(H,44,49)(H,50,51)/b11-8-/t25-,28+,29+,39-,40-/m1/s1. The number of amides is 4. The van der Waals surface area contributed by atoms with Crippen molar-refractivity contribution in [3.05, 3.63) is 35.5 Å². The van der Waals surface area contributed by atoms with Crippen molar-refractivity contribution in [1.82, 2.24) is 29.8 Å². The number of aromatic nitrogens is 2. The van der Waals surface area contributed by atoms with Gasteiger partial charge in [0.1, 0.15) is 29.0 Å². The molecule has 0 aromatic carbocycles. The molecule has 0 radical (unpaired) electrons. The highest BCUT2D eigenvalue weighted by atomic mass is 32.2. The number of ether oxygens (including phenoxy) is 2. The first-order valence-electron chi connectivity index (χ1n) is 20.0. The van der Waals surface area contributed by atoms with E-state index >= 15 is 4.79 Å². The quantitative estimate of drug-likeness (QED) is 0.353. The smallest absolute Gasteiger partial charge is 0.408 e. The number of sulfonamides is 1. The SMILES string of the molecule is COc1ccc2nc(C)c3c(c2n1)CC[C@]1(C[C@H]2C(=O)N[C@]4(C(=O)NS(=O)(=O)C5(C)CC5)C[C@H]4/C=C\CCCCC[C@H](N(C(=O)O)C4(C)CCC4)C(=O)N2C1)O3. The average molecular weight is 793 g/mol. The molecule has 1 spiro atoms. The summed E-state index contributed by atoms with van der Waals surface area (Å²) < 4.78 is 40.0. The molecule has 0 unspecified atom stereocenters. The van der Waals surface area contributed by atoms with Crippen LogP contribution in [0, 0.1) is 12.8 Å². The zero-order valence-electron chi connectivity index (χ0n) is 32.6. The molecule has 3 aliphatic heterocycles. The molecule has 56 heavy (non-hydrogen) atoms. The van der Waals surface area contributed by atoms with Gasteiger partial charge in [0.05, 0.1) is 35.1 Å². The third-order valence-corrected chi connectivity index (χ3v) is 15.7. The predicted molar refractivity (Wildman–Crippen MR) is 204 cm³/mol. The van der Waals surface area contributed by atoms with Crippen molar-refractivity contribution >= 4 is 44.9 Å². The van der Waals surface area contributed by atoms with Crippen LogP contribution < -0.4 is 19.5 Å². The molecule has 302 valence electrons. The van der Waals surface area contributed by atoms with Crippen molar-refractivity contribution in [3.8, 4) is 11.6 Å². The van der Waals surface area contributed by atoms with Crippen LogP contribution in [0.15, 0.2) is 24.3 Å². The van der Waals surface area contributed by atoms with Crippen molar-refractivity contribution < 1.29 is 42.2 Å². The lowest BCUT2D eigenvalue weighted by atomic mass is 9.76. The zero-order valence-corrected chi connectivity index (χ0v) is 33.4. The van der Waals surface area contributed by atoms with Gasteiger partial charge in [-0.05, 0) is 97.5 Å². The number of carboxylic acid groups (broad SMARTS) is 1. The summed E-state index contributed by atoms with van der Waals surface area (Å²) in [4.78, 5) is 69.2. The summed E-state index contributed by atoms with van der Waals surface area (Å²) >= 11 is 0. The normalized spacial score (nSPS) is 31.2. The number of carbonyl (C=O) groups excluding carboxylic acids is 3. The second-order valence-corrected chi connectivity index (χ2v) is 19.6. The van der Waals surface area contributed by atoms with Crippen LogP contribution in [-0.2, 0) is 30.8 Å². The van der Waals surface area contributed by atoms with Crippen LogP contribution >= 0.6 is 0 Å². The molecule has 3 saturated carbocycles. The number of hydrogen-bond acceptors (Lipinski definition) is 10. The molecule has 6 aliphatic rings. The highest BCUT2D eigenvalue weighted by molar-refractivity contribution is 7.91. The summed E-state index contributed by atoms with van der Waals surface area (Å²) in [6.45, 7) is 5.32. The fourth-order valence-corrected chi connectivity index (χ4v) is 10.7. The molecule has 3 N–H and O–H groups in total. The first-order valence-corrected chi connectivity index (χ1v) is 21.4.